The molecule has 0 radical (unpaired) electrons. The summed E-state index contributed by atoms with van der Waals surface area (Å²) in [5.74, 6) is -0.529. The molecule has 1 heterocycles. The predicted molar refractivity (Wildman–Crippen MR) is 114 cm³/mol. The maximum Gasteiger partial charge on any atom is 0.345 e. The molecule has 0 spiro atoms. The van der Waals surface area contributed by atoms with E-state index in [1.165, 1.54) is 6.33 Å². The minimum Gasteiger partial charge on any atom is -0.276 e. The van der Waals surface area contributed by atoms with Crippen LogP contribution < -0.4 is 10.9 Å². The first-order chi connectivity index (χ1) is 14.6. The van der Waals surface area contributed by atoms with Crippen molar-refractivity contribution in [1.82, 2.24) is 15.4 Å². The van der Waals surface area contributed by atoms with Gasteiger partial charge >= 0.3 is 5.69 Å². The van der Waals surface area contributed by atoms with Crippen LogP contribution in [0.5, 0.6) is 0 Å². The molecule has 0 aliphatic heterocycles. The molecule has 30 heavy (non-hydrogen) atoms. The molecule has 0 saturated carbocycles. The predicted octanol–water partition coefficient (Wildman–Crippen LogP) is 4.45. The number of carbonyl (C=O) groups is 1. The zero-order valence-corrected chi connectivity index (χ0v) is 16.3. The van der Waals surface area contributed by atoms with E-state index in [9.17, 15) is 14.9 Å². The summed E-state index contributed by atoms with van der Waals surface area (Å²) in [6.07, 6.45) is 1.21. The number of hydrogen-bond acceptors (Lipinski definition) is 7. The molecule has 1 aromatic heterocycles. The van der Waals surface area contributed by atoms with Crippen molar-refractivity contribution in [2.75, 3.05) is 5.43 Å². The fraction of sp³-hybridized carbons (Fsp3) is 0. The minimum absolute atomic E-state index is 0.0954. The lowest BCUT2D eigenvalue weighted by molar-refractivity contribution is -0.387. The van der Waals surface area contributed by atoms with Crippen LogP contribution in [0.4, 0.5) is 11.5 Å². The average Bonchev–Trinajstić information content (AvgIpc) is 2.77. The lowest BCUT2D eigenvalue weighted by atomic mass is 10.0. The average molecular weight is 417 g/mol. The Balaban J connectivity index is 1.59. The third kappa shape index (κ3) is 4.06. The Bertz CT molecular complexity index is 1230. The van der Waals surface area contributed by atoms with Gasteiger partial charge in [-0.05, 0) is 29.0 Å². The summed E-state index contributed by atoms with van der Waals surface area (Å²) >= 11 is 1.14. The molecule has 3 aromatic carbocycles. The molecule has 0 saturated heterocycles. The Kier molecular flexibility index (Phi) is 5.53. The van der Waals surface area contributed by atoms with Gasteiger partial charge in [-0.15, -0.1) is 0 Å². The Morgan fingerprint density at radius 3 is 2.47 bits per heavy atom. The van der Waals surface area contributed by atoms with Crippen LogP contribution in [0.15, 0.2) is 89.0 Å². The summed E-state index contributed by atoms with van der Waals surface area (Å²) in [5.41, 5.74) is 5.20. The van der Waals surface area contributed by atoms with E-state index in [0.29, 0.717) is 5.56 Å². The Morgan fingerprint density at radius 2 is 1.67 bits per heavy atom. The molecule has 2 N–H and O–H groups in total. The number of hydrogen-bond donors (Lipinski definition) is 2. The number of amides is 1. The Morgan fingerprint density at radius 1 is 0.933 bits per heavy atom. The fourth-order valence-corrected chi connectivity index (χ4v) is 3.78. The van der Waals surface area contributed by atoms with E-state index in [1.807, 2.05) is 60.7 Å². The van der Waals surface area contributed by atoms with Gasteiger partial charge in [0, 0.05) is 10.5 Å². The van der Waals surface area contributed by atoms with Crippen LogP contribution in [0.25, 0.3) is 10.8 Å². The Hall–Kier alpha value is -3.98. The van der Waals surface area contributed by atoms with Crippen molar-refractivity contribution < 1.29 is 9.72 Å². The van der Waals surface area contributed by atoms with E-state index in [-0.39, 0.29) is 16.5 Å². The van der Waals surface area contributed by atoms with E-state index in [1.54, 1.807) is 12.1 Å². The second-order valence-electron chi connectivity index (χ2n) is 6.15. The number of benzene rings is 3. The highest BCUT2D eigenvalue weighted by molar-refractivity contribution is 7.99. The summed E-state index contributed by atoms with van der Waals surface area (Å²) in [5, 5.41) is 13.5. The van der Waals surface area contributed by atoms with Crippen LogP contribution in [-0.2, 0) is 0 Å². The van der Waals surface area contributed by atoms with E-state index >= 15 is 0 Å². The summed E-state index contributed by atoms with van der Waals surface area (Å²) in [7, 11) is 0. The molecule has 0 fully saturated rings. The summed E-state index contributed by atoms with van der Waals surface area (Å²) < 4.78 is 0. The first-order valence-electron chi connectivity index (χ1n) is 8.90. The van der Waals surface area contributed by atoms with Crippen LogP contribution >= 0.6 is 11.8 Å². The van der Waals surface area contributed by atoms with Crippen LogP contribution in [0, 0.1) is 10.1 Å². The van der Waals surface area contributed by atoms with E-state index < -0.39 is 10.8 Å². The highest BCUT2D eigenvalue weighted by atomic mass is 32.2. The second-order valence-corrected chi connectivity index (χ2v) is 7.22. The van der Waals surface area contributed by atoms with Crippen molar-refractivity contribution in [3.8, 4) is 0 Å². The maximum absolute atomic E-state index is 12.7. The summed E-state index contributed by atoms with van der Waals surface area (Å²) in [6.45, 7) is 0. The number of aromatic nitrogens is 2. The van der Waals surface area contributed by atoms with Crippen molar-refractivity contribution >= 4 is 39.9 Å². The Labute approximate surface area is 175 Å². The highest BCUT2D eigenvalue weighted by Gasteiger charge is 2.24. The van der Waals surface area contributed by atoms with Gasteiger partial charge in [-0.3, -0.25) is 25.8 Å². The smallest absolute Gasteiger partial charge is 0.276 e. The largest absolute Gasteiger partial charge is 0.345 e. The quantitative estimate of drug-likeness (QED) is 0.271. The number of nitrogens with zero attached hydrogens (tertiary/aromatic N) is 3. The number of carbonyl (C=O) groups excluding carboxylic acids is 1. The zero-order valence-electron chi connectivity index (χ0n) is 15.5. The number of nitro groups is 1. The molecule has 0 aliphatic carbocycles. The lowest BCUT2D eigenvalue weighted by Gasteiger charge is -2.11. The van der Waals surface area contributed by atoms with Gasteiger partial charge in [0.05, 0.1) is 4.92 Å². The van der Waals surface area contributed by atoms with Crippen LogP contribution in [0.2, 0.25) is 0 Å². The number of fused-ring (bicyclic) bond motifs is 1. The lowest BCUT2D eigenvalue weighted by Crippen LogP contribution is -2.30. The van der Waals surface area contributed by atoms with Gasteiger partial charge in [0.2, 0.25) is 5.82 Å². The summed E-state index contributed by atoms with van der Waals surface area (Å²) in [4.78, 5) is 32.6. The number of anilines is 1. The fourth-order valence-electron chi connectivity index (χ4n) is 2.90. The van der Waals surface area contributed by atoms with Crippen LogP contribution in [-0.4, -0.2) is 20.8 Å². The molecule has 4 aromatic rings. The van der Waals surface area contributed by atoms with Crippen molar-refractivity contribution in [2.24, 2.45) is 0 Å². The molecule has 0 aliphatic rings. The molecule has 4 rings (SSSR count). The maximum atomic E-state index is 12.7. The van der Waals surface area contributed by atoms with E-state index in [2.05, 4.69) is 20.8 Å². The molecule has 0 atom stereocenters. The first kappa shape index (κ1) is 19.3. The monoisotopic (exact) mass is 417 g/mol. The van der Waals surface area contributed by atoms with Gasteiger partial charge in [0.25, 0.3) is 5.91 Å². The molecular formula is C21H15N5O3S. The topological polar surface area (TPSA) is 110 Å². The molecule has 148 valence electrons. The molecule has 1 amide bonds. The number of hydrazine groups is 1. The van der Waals surface area contributed by atoms with Crippen molar-refractivity contribution in [3.05, 3.63) is 94.8 Å². The zero-order chi connectivity index (χ0) is 20.9. The molecular weight excluding hydrogens is 402 g/mol. The van der Waals surface area contributed by atoms with Gasteiger partial charge in [-0.25, -0.2) is 9.97 Å². The van der Waals surface area contributed by atoms with Gasteiger partial charge in [0.1, 0.15) is 6.33 Å². The van der Waals surface area contributed by atoms with Gasteiger partial charge in [-0.1, -0.05) is 66.4 Å². The van der Waals surface area contributed by atoms with E-state index in [0.717, 1.165) is 27.4 Å². The van der Waals surface area contributed by atoms with E-state index in [4.69, 9.17) is 0 Å². The third-order valence-electron chi connectivity index (χ3n) is 4.26. The van der Waals surface area contributed by atoms with Crippen molar-refractivity contribution in [1.29, 1.82) is 0 Å². The van der Waals surface area contributed by atoms with Gasteiger partial charge in [0.15, 0.2) is 5.03 Å². The van der Waals surface area contributed by atoms with Crippen LogP contribution in [0.3, 0.4) is 0 Å². The molecule has 0 bridgehead atoms. The van der Waals surface area contributed by atoms with Gasteiger partial charge in [-0.2, -0.15) is 0 Å². The molecule has 0 unspecified atom stereocenters. The standard InChI is InChI=1S/C21H15N5O3S/c27-20(17-12-6-8-14-7-4-5-11-16(14)17)25-24-19-18(26(28)29)21(23-13-22-19)30-15-9-2-1-3-10-15/h1-13H,(H,25,27)(H,22,23,24). The van der Waals surface area contributed by atoms with Crippen molar-refractivity contribution in [2.45, 2.75) is 9.92 Å². The second kappa shape index (κ2) is 8.58. The minimum atomic E-state index is -0.572. The highest BCUT2D eigenvalue weighted by Crippen LogP contribution is 2.36. The normalized spacial score (nSPS) is 10.5. The SMILES string of the molecule is O=C(NNc1ncnc(Sc2ccccc2)c1[N+](=O)[O-])c1cccc2ccccc12. The third-order valence-corrected chi connectivity index (χ3v) is 5.26. The van der Waals surface area contributed by atoms with Crippen LogP contribution in [0.1, 0.15) is 10.4 Å². The first-order valence-corrected chi connectivity index (χ1v) is 9.71. The summed E-state index contributed by atoms with van der Waals surface area (Å²) in [6, 6.07) is 22.0. The van der Waals surface area contributed by atoms with Crippen molar-refractivity contribution in [3.63, 3.8) is 0 Å². The number of nitrogens with one attached hydrogen (secondary N) is 2. The number of rotatable bonds is 6. The molecule has 8 nitrogen and oxygen atoms in total. The molecule has 9 heteroatoms. The van der Waals surface area contributed by atoms with Gasteiger partial charge < -0.3 is 0 Å².